The van der Waals surface area contributed by atoms with E-state index in [-0.39, 0.29) is 11.7 Å². The molecular formula is C16H24FN3O. The summed E-state index contributed by atoms with van der Waals surface area (Å²) >= 11 is 0. The molecule has 0 unspecified atom stereocenters. The summed E-state index contributed by atoms with van der Waals surface area (Å²) in [6, 6.07) is 4.58. The molecule has 1 saturated heterocycles. The number of piperidine rings is 1. The molecule has 1 fully saturated rings. The van der Waals surface area contributed by atoms with Gasteiger partial charge in [0.15, 0.2) is 5.84 Å². The van der Waals surface area contributed by atoms with Crippen LogP contribution in [0.4, 0.5) is 4.39 Å². The van der Waals surface area contributed by atoms with Crippen molar-refractivity contribution in [2.24, 2.45) is 22.7 Å². The van der Waals surface area contributed by atoms with Crippen LogP contribution in [0.25, 0.3) is 0 Å². The molecule has 1 aliphatic heterocycles. The van der Waals surface area contributed by atoms with Crippen molar-refractivity contribution < 1.29 is 9.60 Å². The van der Waals surface area contributed by atoms with Crippen LogP contribution in [0.15, 0.2) is 23.4 Å². The minimum Gasteiger partial charge on any atom is -0.409 e. The van der Waals surface area contributed by atoms with Gasteiger partial charge >= 0.3 is 0 Å². The van der Waals surface area contributed by atoms with Gasteiger partial charge in [-0.2, -0.15) is 0 Å². The summed E-state index contributed by atoms with van der Waals surface area (Å²) in [5.41, 5.74) is 6.82. The Morgan fingerprint density at radius 1 is 1.38 bits per heavy atom. The molecule has 116 valence electrons. The number of benzene rings is 1. The molecule has 0 radical (unpaired) electrons. The summed E-state index contributed by atoms with van der Waals surface area (Å²) in [4.78, 5) is 2.34. The van der Waals surface area contributed by atoms with Gasteiger partial charge in [-0.05, 0) is 61.5 Å². The van der Waals surface area contributed by atoms with Gasteiger partial charge in [0.05, 0.1) is 0 Å². The molecule has 1 aliphatic rings. The van der Waals surface area contributed by atoms with E-state index in [4.69, 9.17) is 10.9 Å². The standard InChI is InChI=1S/C16H24FN3O/c1-11(2)13-3-5-20(6-4-13)10-12-7-14(16(18)19-21)9-15(17)8-12/h7-9,11,13,21H,3-6,10H2,1-2H3,(H2,18,19). The Bertz CT molecular complexity index is 508. The van der Waals surface area contributed by atoms with Crippen LogP contribution in [0, 0.1) is 17.7 Å². The van der Waals surface area contributed by atoms with Crippen molar-refractivity contribution in [2.45, 2.75) is 33.2 Å². The van der Waals surface area contributed by atoms with Crippen molar-refractivity contribution in [3.8, 4) is 0 Å². The van der Waals surface area contributed by atoms with Crippen molar-refractivity contribution in [1.29, 1.82) is 0 Å². The number of hydrogen-bond acceptors (Lipinski definition) is 3. The van der Waals surface area contributed by atoms with Gasteiger partial charge in [-0.25, -0.2) is 4.39 Å². The lowest BCUT2D eigenvalue weighted by atomic mass is 9.86. The largest absolute Gasteiger partial charge is 0.409 e. The maximum atomic E-state index is 13.6. The Hall–Kier alpha value is -1.62. The Labute approximate surface area is 125 Å². The SMILES string of the molecule is CC(C)C1CCN(Cc2cc(F)cc(/C(N)=N/O)c2)CC1. The summed E-state index contributed by atoms with van der Waals surface area (Å²) in [5, 5.41) is 11.6. The molecule has 4 nitrogen and oxygen atoms in total. The highest BCUT2D eigenvalue weighted by Crippen LogP contribution is 2.25. The zero-order chi connectivity index (χ0) is 15.4. The summed E-state index contributed by atoms with van der Waals surface area (Å²) < 4.78 is 13.6. The van der Waals surface area contributed by atoms with Crippen LogP contribution in [-0.2, 0) is 6.54 Å². The fourth-order valence-electron chi connectivity index (χ4n) is 2.98. The predicted octanol–water partition coefficient (Wildman–Crippen LogP) is 2.79. The summed E-state index contributed by atoms with van der Waals surface area (Å²) in [6.45, 7) is 7.33. The number of oxime groups is 1. The number of likely N-dealkylation sites (tertiary alicyclic amines) is 1. The molecule has 0 aromatic heterocycles. The molecule has 1 aromatic carbocycles. The second-order valence-electron chi connectivity index (χ2n) is 6.19. The molecule has 1 heterocycles. The highest BCUT2D eigenvalue weighted by atomic mass is 19.1. The zero-order valence-electron chi connectivity index (χ0n) is 12.7. The van der Waals surface area contributed by atoms with Crippen LogP contribution in [0.2, 0.25) is 0 Å². The first kappa shape index (κ1) is 15.8. The topological polar surface area (TPSA) is 61.8 Å². The molecule has 21 heavy (non-hydrogen) atoms. The van der Waals surface area contributed by atoms with E-state index >= 15 is 0 Å². The van der Waals surface area contributed by atoms with Crippen molar-refractivity contribution in [3.05, 3.63) is 35.1 Å². The van der Waals surface area contributed by atoms with Gasteiger partial charge in [0.1, 0.15) is 5.82 Å². The lowest BCUT2D eigenvalue weighted by Gasteiger charge is -2.33. The smallest absolute Gasteiger partial charge is 0.170 e. The average Bonchev–Trinajstić information content (AvgIpc) is 2.46. The Morgan fingerprint density at radius 2 is 2.05 bits per heavy atom. The van der Waals surface area contributed by atoms with Crippen LogP contribution in [0.5, 0.6) is 0 Å². The average molecular weight is 293 g/mol. The first-order valence-corrected chi connectivity index (χ1v) is 7.49. The summed E-state index contributed by atoms with van der Waals surface area (Å²) in [6.07, 6.45) is 2.39. The van der Waals surface area contributed by atoms with Gasteiger partial charge in [-0.3, -0.25) is 4.90 Å². The van der Waals surface area contributed by atoms with Crippen LogP contribution in [0.3, 0.4) is 0 Å². The van der Waals surface area contributed by atoms with Crippen molar-refractivity contribution in [1.82, 2.24) is 4.90 Å². The van der Waals surface area contributed by atoms with Gasteiger partial charge in [0.25, 0.3) is 0 Å². The zero-order valence-corrected chi connectivity index (χ0v) is 12.7. The molecule has 0 spiro atoms. The summed E-state index contributed by atoms with van der Waals surface area (Å²) in [5.74, 6) is 1.11. The molecule has 0 amide bonds. The van der Waals surface area contributed by atoms with Crippen LogP contribution < -0.4 is 5.73 Å². The van der Waals surface area contributed by atoms with Crippen LogP contribution in [-0.4, -0.2) is 29.0 Å². The van der Waals surface area contributed by atoms with Gasteiger partial charge in [0, 0.05) is 12.1 Å². The van der Waals surface area contributed by atoms with Crippen molar-refractivity contribution in [3.63, 3.8) is 0 Å². The molecule has 3 N–H and O–H groups in total. The third-order valence-corrected chi connectivity index (χ3v) is 4.34. The molecule has 1 aromatic rings. The summed E-state index contributed by atoms with van der Waals surface area (Å²) in [7, 11) is 0. The second kappa shape index (κ2) is 6.89. The quantitative estimate of drug-likeness (QED) is 0.388. The molecule has 0 aliphatic carbocycles. The fourth-order valence-corrected chi connectivity index (χ4v) is 2.98. The highest BCUT2D eigenvalue weighted by Gasteiger charge is 2.21. The lowest BCUT2D eigenvalue weighted by Crippen LogP contribution is -2.34. The Kier molecular flexibility index (Phi) is 5.17. The monoisotopic (exact) mass is 293 g/mol. The molecule has 2 rings (SSSR count). The van der Waals surface area contributed by atoms with Crippen molar-refractivity contribution in [2.75, 3.05) is 13.1 Å². The fraction of sp³-hybridized carbons (Fsp3) is 0.562. The maximum Gasteiger partial charge on any atom is 0.170 e. The molecular weight excluding hydrogens is 269 g/mol. The van der Waals surface area contributed by atoms with E-state index in [0.29, 0.717) is 12.1 Å². The number of halogens is 1. The lowest BCUT2D eigenvalue weighted by molar-refractivity contribution is 0.152. The van der Waals surface area contributed by atoms with Crippen molar-refractivity contribution >= 4 is 5.84 Å². The number of rotatable bonds is 4. The minimum absolute atomic E-state index is 0.0609. The molecule has 0 saturated carbocycles. The van der Waals surface area contributed by atoms with Gasteiger partial charge in [0.2, 0.25) is 0 Å². The first-order valence-electron chi connectivity index (χ1n) is 7.49. The Balaban J connectivity index is 2.02. The molecule has 5 heteroatoms. The number of amidine groups is 1. The number of hydrogen-bond donors (Lipinski definition) is 2. The molecule has 0 atom stereocenters. The molecule has 0 bridgehead atoms. The van der Waals surface area contributed by atoms with Gasteiger partial charge < -0.3 is 10.9 Å². The van der Waals surface area contributed by atoms with E-state index in [1.54, 1.807) is 6.07 Å². The third-order valence-electron chi connectivity index (χ3n) is 4.34. The normalized spacial score (nSPS) is 18.4. The number of nitrogens with two attached hydrogens (primary N) is 1. The maximum absolute atomic E-state index is 13.6. The third kappa shape index (κ3) is 4.17. The van der Waals surface area contributed by atoms with Crippen LogP contribution >= 0.6 is 0 Å². The van der Waals surface area contributed by atoms with E-state index in [1.807, 2.05) is 0 Å². The van der Waals surface area contributed by atoms with E-state index in [0.717, 1.165) is 30.5 Å². The predicted molar refractivity (Wildman–Crippen MR) is 81.7 cm³/mol. The van der Waals surface area contributed by atoms with Crippen LogP contribution in [0.1, 0.15) is 37.8 Å². The number of nitrogens with zero attached hydrogens (tertiary/aromatic N) is 2. The Morgan fingerprint density at radius 3 is 2.62 bits per heavy atom. The van der Waals surface area contributed by atoms with Gasteiger partial charge in [-0.15, -0.1) is 0 Å². The van der Waals surface area contributed by atoms with E-state index in [9.17, 15) is 4.39 Å². The minimum atomic E-state index is -0.355. The first-order chi connectivity index (χ1) is 9.99. The van der Waals surface area contributed by atoms with E-state index in [2.05, 4.69) is 23.9 Å². The van der Waals surface area contributed by atoms with Gasteiger partial charge in [-0.1, -0.05) is 19.0 Å². The van der Waals surface area contributed by atoms with E-state index in [1.165, 1.54) is 25.0 Å². The highest BCUT2D eigenvalue weighted by molar-refractivity contribution is 5.97. The van der Waals surface area contributed by atoms with E-state index < -0.39 is 0 Å². The second-order valence-corrected chi connectivity index (χ2v) is 6.19.